The van der Waals surface area contributed by atoms with Crippen molar-refractivity contribution < 1.29 is 0 Å². The van der Waals surface area contributed by atoms with Crippen LogP contribution in [-0.4, -0.2) is 6.04 Å². The minimum absolute atomic E-state index is 0.398. The van der Waals surface area contributed by atoms with E-state index in [1.807, 2.05) is 11.3 Å². The highest BCUT2D eigenvalue weighted by Crippen LogP contribution is 2.20. The average Bonchev–Trinajstić information content (AvgIpc) is 2.84. The Bertz CT molecular complexity index is 516. The topological polar surface area (TPSA) is 12.0 Å². The van der Waals surface area contributed by atoms with Crippen molar-refractivity contribution in [3.05, 3.63) is 57.3 Å². The Morgan fingerprint density at radius 2 is 1.95 bits per heavy atom. The zero-order valence-electron chi connectivity index (χ0n) is 12.2. The lowest BCUT2D eigenvalue weighted by molar-refractivity contribution is 0.478. The molecule has 1 heterocycles. The monoisotopic (exact) mass is 273 g/mol. The van der Waals surface area contributed by atoms with Gasteiger partial charge >= 0.3 is 0 Å². The van der Waals surface area contributed by atoms with Crippen LogP contribution in [0.2, 0.25) is 0 Å². The van der Waals surface area contributed by atoms with Crippen molar-refractivity contribution in [1.29, 1.82) is 0 Å². The summed E-state index contributed by atoms with van der Waals surface area (Å²) in [5, 5.41) is 5.86. The lowest BCUT2D eigenvalue weighted by Crippen LogP contribution is -2.30. The highest BCUT2D eigenvalue weighted by Gasteiger charge is 2.12. The molecule has 19 heavy (non-hydrogen) atoms. The van der Waals surface area contributed by atoms with Crippen LogP contribution < -0.4 is 5.32 Å². The number of rotatable bonds is 5. The van der Waals surface area contributed by atoms with Crippen molar-refractivity contribution in [1.82, 2.24) is 5.32 Å². The van der Waals surface area contributed by atoms with E-state index in [1.165, 1.54) is 21.6 Å². The molecule has 1 aromatic carbocycles. The molecule has 0 radical (unpaired) electrons. The van der Waals surface area contributed by atoms with Crippen LogP contribution in [0.25, 0.3) is 0 Å². The lowest BCUT2D eigenvalue weighted by atomic mass is 9.99. The molecule has 1 nitrogen and oxygen atoms in total. The fourth-order valence-electron chi connectivity index (χ4n) is 2.53. The first-order valence-electron chi connectivity index (χ1n) is 6.92. The summed E-state index contributed by atoms with van der Waals surface area (Å²) in [5.74, 6) is 0. The first-order chi connectivity index (χ1) is 9.06. The van der Waals surface area contributed by atoms with Gasteiger partial charge in [-0.2, -0.15) is 0 Å². The largest absolute Gasteiger partial charge is 0.307 e. The van der Waals surface area contributed by atoms with E-state index < -0.39 is 0 Å². The second-order valence-electron chi connectivity index (χ2n) is 5.43. The summed E-state index contributed by atoms with van der Waals surface area (Å²) in [4.78, 5) is 1.45. The highest BCUT2D eigenvalue weighted by molar-refractivity contribution is 7.09. The van der Waals surface area contributed by atoms with E-state index >= 15 is 0 Å². The van der Waals surface area contributed by atoms with Crippen molar-refractivity contribution in [2.45, 2.75) is 46.2 Å². The first kappa shape index (κ1) is 14.3. The molecule has 0 spiro atoms. The molecule has 0 saturated heterocycles. The minimum Gasteiger partial charge on any atom is -0.307 e. The van der Waals surface area contributed by atoms with Gasteiger partial charge in [0.1, 0.15) is 0 Å². The van der Waals surface area contributed by atoms with Gasteiger partial charge in [0.05, 0.1) is 0 Å². The summed E-state index contributed by atoms with van der Waals surface area (Å²) >= 11 is 1.84. The number of nitrogens with one attached hydrogen (secondary N) is 1. The summed E-state index contributed by atoms with van der Waals surface area (Å²) in [5.41, 5.74) is 4.12. The van der Waals surface area contributed by atoms with Gasteiger partial charge in [-0.3, -0.25) is 0 Å². The molecule has 1 N–H and O–H groups in total. The molecular formula is C17H23NS. The summed E-state index contributed by atoms with van der Waals surface area (Å²) < 4.78 is 0. The van der Waals surface area contributed by atoms with Gasteiger partial charge in [0.15, 0.2) is 0 Å². The van der Waals surface area contributed by atoms with Crippen molar-refractivity contribution in [2.75, 3.05) is 0 Å². The van der Waals surface area contributed by atoms with Gasteiger partial charge in [0.25, 0.3) is 0 Å². The van der Waals surface area contributed by atoms with E-state index in [-0.39, 0.29) is 0 Å². The van der Waals surface area contributed by atoms with Gasteiger partial charge in [-0.05, 0) is 56.7 Å². The Hall–Kier alpha value is -1.12. The molecule has 2 unspecified atom stereocenters. The number of hydrogen-bond acceptors (Lipinski definition) is 2. The molecule has 0 aliphatic rings. The Balaban J connectivity index is 2.00. The summed E-state index contributed by atoms with van der Waals surface area (Å²) in [6, 6.07) is 11.9. The van der Waals surface area contributed by atoms with Crippen LogP contribution in [0.3, 0.4) is 0 Å². The second-order valence-corrected chi connectivity index (χ2v) is 6.47. The van der Waals surface area contributed by atoms with Crippen molar-refractivity contribution in [3.63, 3.8) is 0 Å². The van der Waals surface area contributed by atoms with Crippen molar-refractivity contribution in [3.8, 4) is 0 Å². The average molecular weight is 273 g/mol. The van der Waals surface area contributed by atoms with Gasteiger partial charge in [0, 0.05) is 17.0 Å². The lowest BCUT2D eigenvalue weighted by Gasteiger charge is -2.22. The molecule has 2 aromatic rings. The fraction of sp³-hybridized carbons (Fsp3) is 0.412. The molecule has 2 atom stereocenters. The maximum Gasteiger partial charge on any atom is 0.0297 e. The summed E-state index contributed by atoms with van der Waals surface area (Å²) in [7, 11) is 0. The Labute approximate surface area is 120 Å². The van der Waals surface area contributed by atoms with Gasteiger partial charge in [0.2, 0.25) is 0 Å². The maximum absolute atomic E-state index is 3.71. The fourth-order valence-corrected chi connectivity index (χ4v) is 3.37. The predicted molar refractivity (Wildman–Crippen MR) is 85.0 cm³/mol. The van der Waals surface area contributed by atoms with Gasteiger partial charge < -0.3 is 5.32 Å². The van der Waals surface area contributed by atoms with Crippen LogP contribution in [0.1, 0.15) is 41.5 Å². The van der Waals surface area contributed by atoms with E-state index in [1.54, 1.807) is 0 Å². The molecule has 0 saturated carbocycles. The second kappa shape index (κ2) is 6.36. The number of thiophene rings is 1. The number of hydrogen-bond donors (Lipinski definition) is 1. The minimum atomic E-state index is 0.398. The third-order valence-electron chi connectivity index (χ3n) is 3.52. The van der Waals surface area contributed by atoms with Crippen molar-refractivity contribution in [2.24, 2.45) is 0 Å². The van der Waals surface area contributed by atoms with Gasteiger partial charge in [-0.25, -0.2) is 0 Å². The zero-order valence-corrected chi connectivity index (χ0v) is 13.1. The number of benzene rings is 1. The molecule has 102 valence electrons. The van der Waals surface area contributed by atoms with Gasteiger partial charge in [-0.15, -0.1) is 11.3 Å². The van der Waals surface area contributed by atoms with Crippen molar-refractivity contribution >= 4 is 11.3 Å². The highest BCUT2D eigenvalue weighted by atomic mass is 32.1. The van der Waals surface area contributed by atoms with Crippen LogP contribution in [0.5, 0.6) is 0 Å². The van der Waals surface area contributed by atoms with Crippen LogP contribution in [0.15, 0.2) is 35.7 Å². The van der Waals surface area contributed by atoms with E-state index in [2.05, 4.69) is 68.7 Å². The van der Waals surface area contributed by atoms with E-state index in [4.69, 9.17) is 0 Å². The van der Waals surface area contributed by atoms with Gasteiger partial charge in [-0.1, -0.05) is 29.8 Å². The normalized spacial score (nSPS) is 14.3. The molecule has 2 heteroatoms. The zero-order chi connectivity index (χ0) is 13.8. The molecule has 0 amide bonds. The molecular weight excluding hydrogens is 250 g/mol. The summed E-state index contributed by atoms with van der Waals surface area (Å²) in [6.07, 6.45) is 1.10. The Morgan fingerprint density at radius 3 is 2.63 bits per heavy atom. The molecule has 0 aliphatic carbocycles. The van der Waals surface area contributed by atoms with Crippen LogP contribution in [0, 0.1) is 13.8 Å². The summed E-state index contributed by atoms with van der Waals surface area (Å²) in [6.45, 7) is 8.87. The van der Waals surface area contributed by atoms with E-state index in [0.717, 1.165) is 6.42 Å². The SMILES string of the molecule is Cc1ccc(C)c(C(C)NC(C)Cc2cccs2)c1. The van der Waals surface area contributed by atoms with Crippen LogP contribution in [0.4, 0.5) is 0 Å². The Morgan fingerprint density at radius 1 is 1.16 bits per heavy atom. The standard InChI is InChI=1S/C17H23NS/c1-12-7-8-13(2)17(10-12)15(4)18-14(3)11-16-6-5-9-19-16/h5-10,14-15,18H,11H2,1-4H3. The molecule has 0 aliphatic heterocycles. The van der Waals surface area contributed by atoms with Crippen LogP contribution in [-0.2, 0) is 6.42 Å². The molecule has 0 fully saturated rings. The quantitative estimate of drug-likeness (QED) is 0.836. The molecule has 1 aromatic heterocycles. The van der Waals surface area contributed by atoms with E-state index in [0.29, 0.717) is 12.1 Å². The number of aryl methyl sites for hydroxylation is 2. The Kier molecular flexibility index (Phi) is 4.78. The third-order valence-corrected chi connectivity index (χ3v) is 4.42. The predicted octanol–water partition coefficient (Wildman–Crippen LogP) is 4.65. The molecule has 2 rings (SSSR count). The third kappa shape index (κ3) is 3.92. The smallest absolute Gasteiger partial charge is 0.0297 e. The molecule has 0 bridgehead atoms. The first-order valence-corrected chi connectivity index (χ1v) is 7.80. The van der Waals surface area contributed by atoms with E-state index in [9.17, 15) is 0 Å². The maximum atomic E-state index is 3.71. The van der Waals surface area contributed by atoms with Crippen LogP contribution >= 0.6 is 11.3 Å².